The average molecular weight is 246 g/mol. The van der Waals surface area contributed by atoms with Crippen LogP contribution in [0, 0.1) is 0 Å². The summed E-state index contributed by atoms with van der Waals surface area (Å²) in [5.41, 5.74) is 1.00. The third-order valence-electron chi connectivity index (χ3n) is 1.62. The van der Waals surface area contributed by atoms with Gasteiger partial charge in [0.2, 0.25) is 0 Å². The molecule has 0 bridgehead atoms. The van der Waals surface area contributed by atoms with Crippen molar-refractivity contribution in [3.05, 3.63) is 24.0 Å². The van der Waals surface area contributed by atoms with Gasteiger partial charge in [-0.3, -0.25) is 19.0 Å². The Hall–Kier alpha value is -1.51. The zero-order chi connectivity index (χ0) is 12.0. The molecule has 0 radical (unpaired) electrons. The van der Waals surface area contributed by atoms with Crippen LogP contribution >= 0.6 is 0 Å². The number of pyridine rings is 1. The van der Waals surface area contributed by atoms with E-state index in [0.717, 1.165) is 0 Å². The van der Waals surface area contributed by atoms with Crippen molar-refractivity contribution in [1.29, 1.82) is 0 Å². The number of carbonyl (C=O) groups is 1. The number of hydrogen-bond donors (Lipinski definition) is 3. The van der Waals surface area contributed by atoms with Crippen LogP contribution in [0.5, 0.6) is 0 Å². The summed E-state index contributed by atoms with van der Waals surface area (Å²) in [4.78, 5) is 14.2. The van der Waals surface area contributed by atoms with E-state index < -0.39 is 17.5 Å². The number of aromatic nitrogens is 1. The van der Waals surface area contributed by atoms with Gasteiger partial charge >= 0.3 is 17.5 Å². The SMILES string of the molecule is O=C(O)Nc1ccc(CCOS(=O)O)nc1. The fraction of sp³-hybridized carbons (Fsp3) is 0.250. The molecule has 0 saturated heterocycles. The Balaban J connectivity index is 2.45. The number of nitrogens with zero attached hydrogens (tertiary/aromatic N) is 1. The molecule has 88 valence electrons. The van der Waals surface area contributed by atoms with Gasteiger partial charge in [-0.15, -0.1) is 0 Å². The first-order chi connectivity index (χ1) is 7.58. The Bertz CT molecular complexity index is 381. The predicted molar refractivity (Wildman–Crippen MR) is 56.3 cm³/mol. The van der Waals surface area contributed by atoms with Gasteiger partial charge in [0.25, 0.3) is 0 Å². The smallest absolute Gasteiger partial charge is 0.409 e. The molecule has 0 saturated carbocycles. The highest BCUT2D eigenvalue weighted by Crippen LogP contribution is 2.06. The normalized spacial score (nSPS) is 12.1. The highest BCUT2D eigenvalue weighted by atomic mass is 32.2. The van der Waals surface area contributed by atoms with Crippen LogP contribution in [0.1, 0.15) is 5.69 Å². The number of hydrogen-bond acceptors (Lipinski definition) is 4. The maximum absolute atomic E-state index is 10.3. The molecule has 1 heterocycles. The van der Waals surface area contributed by atoms with Gasteiger partial charge in [0.1, 0.15) is 0 Å². The summed E-state index contributed by atoms with van der Waals surface area (Å²) in [5, 5.41) is 10.6. The van der Waals surface area contributed by atoms with Gasteiger partial charge in [-0.25, -0.2) is 4.79 Å². The summed E-state index contributed by atoms with van der Waals surface area (Å²) in [6, 6.07) is 3.15. The number of anilines is 1. The third kappa shape index (κ3) is 4.82. The minimum absolute atomic E-state index is 0.0712. The van der Waals surface area contributed by atoms with Crippen molar-refractivity contribution in [1.82, 2.24) is 4.98 Å². The van der Waals surface area contributed by atoms with Gasteiger partial charge in [-0.2, -0.15) is 4.21 Å². The summed E-state index contributed by atoms with van der Waals surface area (Å²) >= 11 is -2.27. The number of carboxylic acid groups (broad SMARTS) is 1. The van der Waals surface area contributed by atoms with Crippen LogP contribution in [0.15, 0.2) is 18.3 Å². The van der Waals surface area contributed by atoms with Crippen molar-refractivity contribution < 1.29 is 22.8 Å². The van der Waals surface area contributed by atoms with E-state index >= 15 is 0 Å². The Morgan fingerprint density at radius 1 is 1.56 bits per heavy atom. The highest BCUT2D eigenvalue weighted by Gasteiger charge is 2.00. The lowest BCUT2D eigenvalue weighted by atomic mass is 10.3. The van der Waals surface area contributed by atoms with Crippen molar-refractivity contribution in [2.24, 2.45) is 0 Å². The lowest BCUT2D eigenvalue weighted by Gasteiger charge is -2.02. The van der Waals surface area contributed by atoms with Crippen molar-refractivity contribution >= 4 is 23.1 Å². The first-order valence-electron chi connectivity index (χ1n) is 4.27. The van der Waals surface area contributed by atoms with Crippen LogP contribution in [0.3, 0.4) is 0 Å². The molecule has 0 spiro atoms. The standard InChI is InChI=1S/C8H10N2O5S/c11-8(12)10-7-2-1-6(9-5-7)3-4-15-16(13)14/h1-2,5,10H,3-4H2,(H,11,12)(H,13,14). The first kappa shape index (κ1) is 12.6. The van der Waals surface area contributed by atoms with Crippen LogP contribution in [0.25, 0.3) is 0 Å². The Kier molecular flexibility index (Phi) is 4.83. The summed E-state index contributed by atoms with van der Waals surface area (Å²) in [6.07, 6.45) is 0.576. The summed E-state index contributed by atoms with van der Waals surface area (Å²) in [5.74, 6) is 0. The third-order valence-corrected chi connectivity index (χ3v) is 1.99. The topological polar surface area (TPSA) is 109 Å². The van der Waals surface area contributed by atoms with Crippen LogP contribution < -0.4 is 5.32 Å². The molecule has 8 heteroatoms. The molecule has 16 heavy (non-hydrogen) atoms. The second kappa shape index (κ2) is 6.16. The summed E-state index contributed by atoms with van der Waals surface area (Å²) in [6.45, 7) is 0.0712. The molecule has 0 fully saturated rings. The Labute approximate surface area is 94.0 Å². The van der Waals surface area contributed by atoms with Crippen molar-refractivity contribution in [2.45, 2.75) is 6.42 Å². The maximum Gasteiger partial charge on any atom is 0.409 e. The molecule has 1 rings (SSSR count). The zero-order valence-electron chi connectivity index (χ0n) is 8.12. The van der Waals surface area contributed by atoms with Crippen LogP contribution in [-0.4, -0.2) is 31.6 Å². The lowest BCUT2D eigenvalue weighted by Crippen LogP contribution is -2.08. The van der Waals surface area contributed by atoms with E-state index in [4.69, 9.17) is 9.66 Å². The van der Waals surface area contributed by atoms with E-state index in [9.17, 15) is 9.00 Å². The predicted octanol–water partition coefficient (Wildman–Crippen LogP) is 0.867. The largest absolute Gasteiger partial charge is 0.465 e. The molecule has 0 aliphatic carbocycles. The number of nitrogens with one attached hydrogen (secondary N) is 1. The first-order valence-corrected chi connectivity index (χ1v) is 5.30. The summed E-state index contributed by atoms with van der Waals surface area (Å²) in [7, 11) is 0. The van der Waals surface area contributed by atoms with E-state index in [-0.39, 0.29) is 6.61 Å². The van der Waals surface area contributed by atoms with Crippen LogP contribution in [-0.2, 0) is 22.0 Å². The van der Waals surface area contributed by atoms with Crippen LogP contribution in [0.2, 0.25) is 0 Å². The van der Waals surface area contributed by atoms with Crippen LogP contribution in [0.4, 0.5) is 10.5 Å². The molecule has 1 aromatic rings. The van der Waals surface area contributed by atoms with Gasteiger partial charge in [0.15, 0.2) is 0 Å². The van der Waals surface area contributed by atoms with E-state index in [2.05, 4.69) is 14.5 Å². The lowest BCUT2D eigenvalue weighted by molar-refractivity contribution is 0.209. The summed E-state index contributed by atoms with van der Waals surface area (Å²) < 4.78 is 22.9. The van der Waals surface area contributed by atoms with E-state index in [1.165, 1.54) is 6.20 Å². The highest BCUT2D eigenvalue weighted by molar-refractivity contribution is 7.74. The average Bonchev–Trinajstić information content (AvgIpc) is 2.19. The Morgan fingerprint density at radius 2 is 2.31 bits per heavy atom. The molecule has 1 amide bonds. The van der Waals surface area contributed by atoms with Gasteiger partial charge in [0.05, 0.1) is 18.5 Å². The molecule has 0 aliphatic heterocycles. The Morgan fingerprint density at radius 3 is 2.81 bits per heavy atom. The van der Waals surface area contributed by atoms with Gasteiger partial charge in [-0.05, 0) is 12.1 Å². The molecule has 1 aromatic heterocycles. The van der Waals surface area contributed by atoms with Crippen molar-refractivity contribution in [3.8, 4) is 0 Å². The maximum atomic E-state index is 10.3. The number of amides is 1. The van der Waals surface area contributed by atoms with Gasteiger partial charge in [0, 0.05) is 12.1 Å². The van der Waals surface area contributed by atoms with Gasteiger partial charge < -0.3 is 5.11 Å². The zero-order valence-corrected chi connectivity index (χ0v) is 8.94. The molecular weight excluding hydrogens is 236 g/mol. The van der Waals surface area contributed by atoms with E-state index in [1.807, 2.05) is 0 Å². The second-order valence-electron chi connectivity index (χ2n) is 2.76. The van der Waals surface area contributed by atoms with E-state index in [0.29, 0.717) is 17.8 Å². The molecule has 1 atom stereocenters. The number of rotatable bonds is 5. The van der Waals surface area contributed by atoms with Crippen molar-refractivity contribution in [2.75, 3.05) is 11.9 Å². The molecule has 0 aromatic carbocycles. The minimum atomic E-state index is -2.27. The molecular formula is C8H10N2O5S. The second-order valence-corrected chi connectivity index (χ2v) is 3.43. The monoisotopic (exact) mass is 246 g/mol. The molecule has 3 N–H and O–H groups in total. The quantitative estimate of drug-likeness (QED) is 0.665. The van der Waals surface area contributed by atoms with Gasteiger partial charge in [-0.1, -0.05) is 0 Å². The van der Waals surface area contributed by atoms with E-state index in [1.54, 1.807) is 12.1 Å². The minimum Gasteiger partial charge on any atom is -0.465 e. The fourth-order valence-corrected chi connectivity index (χ4v) is 1.21. The fourth-order valence-electron chi connectivity index (χ4n) is 0.987. The molecule has 7 nitrogen and oxygen atoms in total. The molecule has 1 unspecified atom stereocenters. The molecule has 0 aliphatic rings. The van der Waals surface area contributed by atoms with Crippen molar-refractivity contribution in [3.63, 3.8) is 0 Å².